The van der Waals surface area contributed by atoms with Gasteiger partial charge in [0.2, 0.25) is 0 Å². The predicted octanol–water partition coefficient (Wildman–Crippen LogP) is 1.74. The number of morpholine rings is 1. The van der Waals surface area contributed by atoms with Crippen molar-refractivity contribution in [1.82, 2.24) is 29.5 Å². The Kier molecular flexibility index (Phi) is 3.42. The van der Waals surface area contributed by atoms with Gasteiger partial charge in [-0.2, -0.15) is 5.10 Å². The Hall–Kier alpha value is -3.26. The third-order valence-corrected chi connectivity index (χ3v) is 4.65. The predicted molar refractivity (Wildman–Crippen MR) is 94.8 cm³/mol. The lowest BCUT2D eigenvalue weighted by atomic mass is 10.1. The summed E-state index contributed by atoms with van der Waals surface area (Å²) < 4.78 is 7.17. The van der Waals surface area contributed by atoms with E-state index in [1.54, 1.807) is 23.5 Å². The summed E-state index contributed by atoms with van der Waals surface area (Å²) >= 11 is 0. The number of pyridine rings is 2. The fourth-order valence-electron chi connectivity index (χ4n) is 3.23. The van der Waals surface area contributed by atoms with Gasteiger partial charge in [-0.05, 0) is 18.2 Å². The van der Waals surface area contributed by atoms with Crippen molar-refractivity contribution in [3.05, 3.63) is 48.7 Å². The molecular weight excluding hydrogens is 332 g/mol. The molecule has 0 aliphatic carbocycles. The number of hydrogen-bond acceptors (Lipinski definition) is 5. The quantitative estimate of drug-likeness (QED) is 0.596. The SMILES string of the molecule is O=C(c1cnc2ccc(-c3cnc4[nH]ncc4c3)cn12)N1CCOCC1. The number of nitrogens with one attached hydrogen (secondary N) is 1. The van der Waals surface area contributed by atoms with Crippen molar-refractivity contribution in [3.63, 3.8) is 0 Å². The molecule has 130 valence electrons. The van der Waals surface area contributed by atoms with Gasteiger partial charge in [-0.25, -0.2) is 9.97 Å². The van der Waals surface area contributed by atoms with E-state index in [4.69, 9.17) is 4.74 Å². The van der Waals surface area contributed by atoms with E-state index in [0.717, 1.165) is 27.8 Å². The molecule has 0 spiro atoms. The molecule has 1 fully saturated rings. The van der Waals surface area contributed by atoms with Crippen LogP contribution in [0.4, 0.5) is 0 Å². The third-order valence-electron chi connectivity index (χ3n) is 4.65. The molecular formula is C18H16N6O2. The second kappa shape index (κ2) is 5.92. The number of amides is 1. The zero-order chi connectivity index (χ0) is 17.5. The number of aromatic nitrogens is 5. The van der Waals surface area contributed by atoms with Crippen molar-refractivity contribution in [1.29, 1.82) is 0 Å². The van der Waals surface area contributed by atoms with Gasteiger partial charge in [0.05, 0.1) is 25.6 Å². The van der Waals surface area contributed by atoms with Crippen LogP contribution in [0.2, 0.25) is 0 Å². The van der Waals surface area contributed by atoms with Crippen molar-refractivity contribution in [2.24, 2.45) is 0 Å². The van der Waals surface area contributed by atoms with Gasteiger partial charge >= 0.3 is 0 Å². The van der Waals surface area contributed by atoms with Crippen LogP contribution in [0.5, 0.6) is 0 Å². The van der Waals surface area contributed by atoms with Crippen LogP contribution in [-0.2, 0) is 4.74 Å². The zero-order valence-corrected chi connectivity index (χ0v) is 13.9. The number of aromatic amines is 1. The Morgan fingerprint density at radius 3 is 2.85 bits per heavy atom. The van der Waals surface area contributed by atoms with Crippen molar-refractivity contribution in [3.8, 4) is 11.1 Å². The van der Waals surface area contributed by atoms with E-state index in [-0.39, 0.29) is 5.91 Å². The molecule has 5 rings (SSSR count). The number of nitrogens with zero attached hydrogens (tertiary/aromatic N) is 5. The molecule has 0 saturated carbocycles. The molecule has 1 aliphatic rings. The van der Waals surface area contributed by atoms with Gasteiger partial charge in [0.25, 0.3) is 5.91 Å². The number of H-pyrrole nitrogens is 1. The molecule has 4 aromatic rings. The maximum Gasteiger partial charge on any atom is 0.272 e. The van der Waals surface area contributed by atoms with Crippen molar-refractivity contribution < 1.29 is 9.53 Å². The highest BCUT2D eigenvalue weighted by molar-refractivity contribution is 5.93. The molecule has 0 radical (unpaired) electrons. The molecule has 0 bridgehead atoms. The first-order chi connectivity index (χ1) is 12.8. The minimum atomic E-state index is -0.0265. The second-order valence-electron chi connectivity index (χ2n) is 6.23. The molecule has 1 N–H and O–H groups in total. The number of fused-ring (bicyclic) bond motifs is 2. The number of carbonyl (C=O) groups is 1. The van der Waals surface area contributed by atoms with Crippen LogP contribution in [0.3, 0.4) is 0 Å². The van der Waals surface area contributed by atoms with Crippen LogP contribution in [0.1, 0.15) is 10.5 Å². The van der Waals surface area contributed by atoms with E-state index in [0.29, 0.717) is 32.0 Å². The standard InChI is InChI=1S/C18H16N6O2/c25-18(23-3-5-26-6-4-23)15-10-19-16-2-1-12(11-24(15)16)13-7-14-9-21-22-17(14)20-8-13/h1-2,7-11H,3-6H2,(H,20,21,22). The lowest BCUT2D eigenvalue weighted by Crippen LogP contribution is -2.41. The maximum atomic E-state index is 12.8. The molecule has 8 heteroatoms. The van der Waals surface area contributed by atoms with Gasteiger partial charge in [-0.3, -0.25) is 14.3 Å². The van der Waals surface area contributed by atoms with Gasteiger partial charge < -0.3 is 9.64 Å². The lowest BCUT2D eigenvalue weighted by molar-refractivity contribution is 0.0298. The summed E-state index contributed by atoms with van der Waals surface area (Å²) in [4.78, 5) is 23.4. The van der Waals surface area contributed by atoms with Gasteiger partial charge in [-0.15, -0.1) is 0 Å². The summed E-state index contributed by atoms with van der Waals surface area (Å²) in [5.41, 5.74) is 3.96. The summed E-state index contributed by atoms with van der Waals surface area (Å²) in [6.45, 7) is 2.36. The highest BCUT2D eigenvalue weighted by Crippen LogP contribution is 2.23. The Morgan fingerprint density at radius 1 is 1.08 bits per heavy atom. The Bertz CT molecular complexity index is 1110. The topological polar surface area (TPSA) is 88.4 Å². The third kappa shape index (κ3) is 2.42. The minimum absolute atomic E-state index is 0.0265. The summed E-state index contributed by atoms with van der Waals surface area (Å²) in [6, 6.07) is 5.91. The van der Waals surface area contributed by atoms with E-state index < -0.39 is 0 Å². The smallest absolute Gasteiger partial charge is 0.272 e. The van der Waals surface area contributed by atoms with Crippen LogP contribution in [0.25, 0.3) is 27.8 Å². The second-order valence-corrected chi connectivity index (χ2v) is 6.23. The van der Waals surface area contributed by atoms with Gasteiger partial charge in [0.15, 0.2) is 5.65 Å². The Balaban J connectivity index is 1.56. The number of imidazole rings is 1. The largest absolute Gasteiger partial charge is 0.378 e. The normalized spacial score (nSPS) is 15.0. The van der Waals surface area contributed by atoms with E-state index in [1.165, 1.54) is 0 Å². The number of carbonyl (C=O) groups excluding carboxylic acids is 1. The van der Waals surface area contributed by atoms with E-state index >= 15 is 0 Å². The number of hydrogen-bond donors (Lipinski definition) is 1. The first-order valence-electron chi connectivity index (χ1n) is 8.43. The fraction of sp³-hybridized carbons (Fsp3) is 0.222. The summed E-state index contributed by atoms with van der Waals surface area (Å²) in [7, 11) is 0. The Morgan fingerprint density at radius 2 is 1.96 bits per heavy atom. The van der Waals surface area contributed by atoms with E-state index in [1.807, 2.05) is 28.8 Å². The number of ether oxygens (including phenoxy) is 1. The van der Waals surface area contributed by atoms with Crippen LogP contribution < -0.4 is 0 Å². The van der Waals surface area contributed by atoms with Crippen molar-refractivity contribution in [2.45, 2.75) is 0 Å². The minimum Gasteiger partial charge on any atom is -0.378 e. The van der Waals surface area contributed by atoms with Crippen LogP contribution in [0.15, 0.2) is 43.0 Å². The summed E-state index contributed by atoms with van der Waals surface area (Å²) in [6.07, 6.45) is 7.10. The average Bonchev–Trinajstić information content (AvgIpc) is 3.33. The van der Waals surface area contributed by atoms with Crippen LogP contribution >= 0.6 is 0 Å². The first kappa shape index (κ1) is 15.0. The molecule has 26 heavy (non-hydrogen) atoms. The van der Waals surface area contributed by atoms with E-state index in [2.05, 4.69) is 20.2 Å². The highest BCUT2D eigenvalue weighted by atomic mass is 16.5. The molecule has 0 aromatic carbocycles. The monoisotopic (exact) mass is 348 g/mol. The molecule has 5 heterocycles. The molecule has 0 atom stereocenters. The number of rotatable bonds is 2. The molecule has 0 unspecified atom stereocenters. The highest BCUT2D eigenvalue weighted by Gasteiger charge is 2.21. The van der Waals surface area contributed by atoms with Crippen LogP contribution in [-0.4, -0.2) is 61.7 Å². The van der Waals surface area contributed by atoms with Gasteiger partial charge in [0, 0.05) is 42.0 Å². The summed E-state index contributed by atoms with van der Waals surface area (Å²) in [5, 5.41) is 7.79. The van der Waals surface area contributed by atoms with Crippen LogP contribution in [0, 0.1) is 0 Å². The van der Waals surface area contributed by atoms with Gasteiger partial charge in [0.1, 0.15) is 11.3 Å². The fourth-order valence-corrected chi connectivity index (χ4v) is 3.23. The lowest BCUT2D eigenvalue weighted by Gasteiger charge is -2.26. The summed E-state index contributed by atoms with van der Waals surface area (Å²) in [5.74, 6) is -0.0265. The van der Waals surface area contributed by atoms with Gasteiger partial charge in [-0.1, -0.05) is 0 Å². The maximum absolute atomic E-state index is 12.8. The molecule has 1 aliphatic heterocycles. The Labute approximate surface area is 148 Å². The first-order valence-corrected chi connectivity index (χ1v) is 8.43. The molecule has 1 amide bonds. The van der Waals surface area contributed by atoms with E-state index in [9.17, 15) is 4.79 Å². The molecule has 8 nitrogen and oxygen atoms in total. The average molecular weight is 348 g/mol. The molecule has 1 saturated heterocycles. The zero-order valence-electron chi connectivity index (χ0n) is 13.9. The van der Waals surface area contributed by atoms with Crippen molar-refractivity contribution >= 4 is 22.6 Å². The van der Waals surface area contributed by atoms with Crippen molar-refractivity contribution in [2.75, 3.05) is 26.3 Å². The molecule has 4 aromatic heterocycles.